The number of ether oxygens (including phenoxy) is 1. The maximum absolute atomic E-state index is 8.74. The van der Waals surface area contributed by atoms with Crippen LogP contribution in [0.3, 0.4) is 0 Å². The van der Waals surface area contributed by atoms with Crippen molar-refractivity contribution in [2.45, 2.75) is 25.3 Å². The van der Waals surface area contributed by atoms with Crippen LogP contribution in [-0.2, 0) is 4.74 Å². The van der Waals surface area contributed by atoms with Gasteiger partial charge in [-0.05, 0) is 31.4 Å². The number of nitriles is 1. The smallest absolute Gasteiger partial charge is 0.163 e. The maximum atomic E-state index is 8.74. The molecule has 3 rings (SSSR count). The van der Waals surface area contributed by atoms with Gasteiger partial charge in [0.15, 0.2) is 11.5 Å². The predicted molar refractivity (Wildman–Crippen MR) is 66.0 cm³/mol. The average molecular weight is 244 g/mol. The van der Waals surface area contributed by atoms with E-state index in [1.54, 1.807) is 6.07 Å². The number of hydrogen-bond donors (Lipinski definition) is 0. The minimum Gasteiger partial charge on any atom is -0.381 e. The summed E-state index contributed by atoms with van der Waals surface area (Å²) in [6.07, 6.45) is 3.59. The molecule has 18 heavy (non-hydrogen) atoms. The van der Waals surface area contributed by atoms with Gasteiger partial charge in [0.25, 0.3) is 0 Å². The molecule has 1 aromatic rings. The molecule has 5 heteroatoms. The Labute approximate surface area is 106 Å². The summed E-state index contributed by atoms with van der Waals surface area (Å²) in [5.41, 5.74) is 0.374. The highest BCUT2D eigenvalue weighted by Gasteiger charge is 2.32. The van der Waals surface area contributed by atoms with Gasteiger partial charge in [0, 0.05) is 25.1 Å². The molecule has 2 fully saturated rings. The summed E-state index contributed by atoms with van der Waals surface area (Å²) >= 11 is 0. The Morgan fingerprint density at radius 2 is 2.22 bits per heavy atom. The first-order valence-electron chi connectivity index (χ1n) is 6.45. The summed E-state index contributed by atoms with van der Waals surface area (Å²) in [5, 5.41) is 16.8. The van der Waals surface area contributed by atoms with Gasteiger partial charge in [0.2, 0.25) is 0 Å². The molecule has 0 radical (unpaired) electrons. The molecular formula is C13H16N4O. The minimum absolute atomic E-state index is 0.374. The Morgan fingerprint density at radius 1 is 1.33 bits per heavy atom. The molecule has 0 bridgehead atoms. The first-order chi connectivity index (χ1) is 8.86. The predicted octanol–water partition coefficient (Wildman–Crippen LogP) is 1.35. The molecule has 1 atom stereocenters. The topological polar surface area (TPSA) is 62.0 Å². The van der Waals surface area contributed by atoms with Crippen LogP contribution in [0.2, 0.25) is 0 Å². The van der Waals surface area contributed by atoms with Crippen LogP contribution in [-0.4, -0.2) is 36.0 Å². The van der Waals surface area contributed by atoms with Gasteiger partial charge in [-0.1, -0.05) is 0 Å². The van der Waals surface area contributed by atoms with E-state index in [0.717, 1.165) is 32.0 Å². The van der Waals surface area contributed by atoms with E-state index in [-0.39, 0.29) is 0 Å². The largest absolute Gasteiger partial charge is 0.381 e. The van der Waals surface area contributed by atoms with Crippen molar-refractivity contribution in [2.75, 3.05) is 24.7 Å². The first-order valence-corrected chi connectivity index (χ1v) is 6.45. The van der Waals surface area contributed by atoms with E-state index in [9.17, 15) is 0 Å². The highest BCUT2D eigenvalue weighted by Crippen LogP contribution is 2.32. The third-order valence-corrected chi connectivity index (χ3v) is 3.53. The highest BCUT2D eigenvalue weighted by atomic mass is 16.5. The van der Waals surface area contributed by atoms with E-state index in [0.29, 0.717) is 17.7 Å². The van der Waals surface area contributed by atoms with Crippen LogP contribution >= 0.6 is 0 Å². The Balaban J connectivity index is 1.73. The number of nitrogens with zero attached hydrogens (tertiary/aromatic N) is 4. The third-order valence-electron chi connectivity index (χ3n) is 3.53. The van der Waals surface area contributed by atoms with Crippen LogP contribution in [0.15, 0.2) is 12.1 Å². The molecule has 1 saturated carbocycles. The normalized spacial score (nSPS) is 22.7. The van der Waals surface area contributed by atoms with E-state index in [2.05, 4.69) is 15.1 Å². The van der Waals surface area contributed by atoms with E-state index in [1.807, 2.05) is 12.1 Å². The molecule has 2 aliphatic rings. The molecule has 5 nitrogen and oxygen atoms in total. The number of aromatic nitrogens is 2. The molecule has 0 unspecified atom stereocenters. The lowest BCUT2D eigenvalue weighted by Crippen LogP contribution is -2.32. The SMILES string of the molecule is N#Cc1ccc(N(C[C@H]2CCOC2)C2CC2)nn1. The fourth-order valence-corrected chi connectivity index (χ4v) is 2.36. The average Bonchev–Trinajstić information content (AvgIpc) is 3.13. The first kappa shape index (κ1) is 11.4. The summed E-state index contributed by atoms with van der Waals surface area (Å²) < 4.78 is 5.42. The second-order valence-electron chi connectivity index (χ2n) is 5.00. The van der Waals surface area contributed by atoms with Crippen LogP contribution in [0.5, 0.6) is 0 Å². The van der Waals surface area contributed by atoms with Crippen molar-refractivity contribution >= 4 is 5.82 Å². The van der Waals surface area contributed by atoms with E-state index in [1.165, 1.54) is 12.8 Å². The standard InChI is InChI=1S/C13H16N4O/c14-7-11-1-4-13(16-15-11)17(12-2-3-12)8-10-5-6-18-9-10/h1,4,10,12H,2-3,5-6,8-9H2/t10-/m1/s1. The summed E-state index contributed by atoms with van der Waals surface area (Å²) in [6.45, 7) is 2.72. The van der Waals surface area contributed by atoms with Crippen LogP contribution in [0.4, 0.5) is 5.82 Å². The van der Waals surface area contributed by atoms with Gasteiger partial charge in [-0.25, -0.2) is 0 Å². The van der Waals surface area contributed by atoms with Crippen LogP contribution < -0.4 is 4.90 Å². The van der Waals surface area contributed by atoms with Crippen LogP contribution in [0.1, 0.15) is 25.0 Å². The van der Waals surface area contributed by atoms with Crippen molar-refractivity contribution in [3.8, 4) is 6.07 Å². The molecule has 1 aromatic heterocycles. The van der Waals surface area contributed by atoms with Crippen molar-refractivity contribution < 1.29 is 4.74 Å². The maximum Gasteiger partial charge on any atom is 0.163 e. The summed E-state index contributed by atoms with van der Waals surface area (Å²) in [7, 11) is 0. The van der Waals surface area contributed by atoms with Crippen molar-refractivity contribution in [3.63, 3.8) is 0 Å². The highest BCUT2D eigenvalue weighted by molar-refractivity contribution is 5.41. The quantitative estimate of drug-likeness (QED) is 0.800. The molecule has 2 heterocycles. The third kappa shape index (κ3) is 2.44. The van der Waals surface area contributed by atoms with Crippen molar-refractivity contribution in [3.05, 3.63) is 17.8 Å². The lowest BCUT2D eigenvalue weighted by molar-refractivity contribution is 0.186. The van der Waals surface area contributed by atoms with Crippen LogP contribution in [0, 0.1) is 17.2 Å². The molecule has 0 aromatic carbocycles. The zero-order valence-electron chi connectivity index (χ0n) is 10.2. The van der Waals surface area contributed by atoms with Gasteiger partial charge in [-0.2, -0.15) is 5.26 Å². The molecule has 0 amide bonds. The zero-order chi connectivity index (χ0) is 12.4. The van der Waals surface area contributed by atoms with Gasteiger partial charge in [0.1, 0.15) is 6.07 Å². The van der Waals surface area contributed by atoms with Crippen LogP contribution in [0.25, 0.3) is 0 Å². The second kappa shape index (κ2) is 4.91. The van der Waals surface area contributed by atoms with Gasteiger partial charge in [-0.3, -0.25) is 0 Å². The number of rotatable bonds is 4. The van der Waals surface area contributed by atoms with Gasteiger partial charge < -0.3 is 9.64 Å². The Morgan fingerprint density at radius 3 is 2.78 bits per heavy atom. The monoisotopic (exact) mass is 244 g/mol. The Hall–Kier alpha value is -1.67. The summed E-state index contributed by atoms with van der Waals surface area (Å²) in [6, 6.07) is 6.24. The zero-order valence-corrected chi connectivity index (χ0v) is 10.2. The molecule has 1 aliphatic carbocycles. The van der Waals surface area contributed by atoms with E-state index >= 15 is 0 Å². The van der Waals surface area contributed by atoms with Crippen molar-refractivity contribution in [2.24, 2.45) is 5.92 Å². The van der Waals surface area contributed by atoms with Gasteiger partial charge in [0.05, 0.1) is 6.61 Å². The Bertz CT molecular complexity index is 443. The van der Waals surface area contributed by atoms with Crippen molar-refractivity contribution in [1.82, 2.24) is 10.2 Å². The van der Waals surface area contributed by atoms with Crippen molar-refractivity contribution in [1.29, 1.82) is 5.26 Å². The molecular weight excluding hydrogens is 228 g/mol. The number of anilines is 1. The fraction of sp³-hybridized carbons (Fsp3) is 0.615. The molecule has 0 spiro atoms. The molecule has 94 valence electrons. The molecule has 1 aliphatic heterocycles. The lowest BCUT2D eigenvalue weighted by atomic mass is 10.1. The van der Waals surface area contributed by atoms with Gasteiger partial charge >= 0.3 is 0 Å². The summed E-state index contributed by atoms with van der Waals surface area (Å²) in [4.78, 5) is 2.33. The Kier molecular flexibility index (Phi) is 3.11. The number of hydrogen-bond acceptors (Lipinski definition) is 5. The van der Waals surface area contributed by atoms with E-state index in [4.69, 9.17) is 10.00 Å². The second-order valence-corrected chi connectivity index (χ2v) is 5.00. The lowest BCUT2D eigenvalue weighted by Gasteiger charge is -2.25. The fourth-order valence-electron chi connectivity index (χ4n) is 2.36. The minimum atomic E-state index is 0.374. The van der Waals surface area contributed by atoms with Gasteiger partial charge in [-0.15, -0.1) is 10.2 Å². The van der Waals surface area contributed by atoms with E-state index < -0.39 is 0 Å². The summed E-state index contributed by atoms with van der Waals surface area (Å²) in [5.74, 6) is 1.49. The molecule has 1 saturated heterocycles. The molecule has 0 N–H and O–H groups in total.